The zero-order chi connectivity index (χ0) is 8.93. The first-order valence-corrected chi connectivity index (χ1v) is 6.63. The van der Waals surface area contributed by atoms with Crippen LogP contribution in [-0.2, 0) is 3.63 Å². The van der Waals surface area contributed by atoms with Crippen molar-refractivity contribution in [2.45, 2.75) is 0 Å². The molecular weight excluding hydrogens is 204 g/mol. The van der Waals surface area contributed by atoms with Crippen LogP contribution in [0, 0.1) is 0 Å². The molecule has 13 heavy (non-hydrogen) atoms. The van der Waals surface area contributed by atoms with E-state index in [-0.39, 0.29) is 0 Å². The summed E-state index contributed by atoms with van der Waals surface area (Å²) in [6.07, 6.45) is 0. The molecule has 2 saturated heterocycles. The first-order valence-electron chi connectivity index (χ1n) is 4.81. The van der Waals surface area contributed by atoms with Gasteiger partial charge in [0.25, 0.3) is 0 Å². The van der Waals surface area contributed by atoms with Crippen LogP contribution >= 0.6 is 24.1 Å². The molecule has 0 aromatic rings. The molecule has 0 radical (unpaired) electrons. The molecular formula is C8H16N2OS2. The molecule has 0 aliphatic carbocycles. The average Bonchev–Trinajstić information content (AvgIpc) is 2.99. The summed E-state index contributed by atoms with van der Waals surface area (Å²) in [7, 11) is 0. The van der Waals surface area contributed by atoms with Gasteiger partial charge >= 0.3 is 0 Å². The monoisotopic (exact) mass is 220 g/mol. The van der Waals surface area contributed by atoms with Crippen molar-refractivity contribution in [1.82, 2.24) is 9.80 Å². The summed E-state index contributed by atoms with van der Waals surface area (Å²) in [4.78, 5) is 4.83. The molecule has 0 spiro atoms. The zero-order valence-electron chi connectivity index (χ0n) is 7.78. The minimum absolute atomic E-state index is 1.11. The largest absolute Gasteiger partial charge is 0.300 e. The van der Waals surface area contributed by atoms with E-state index in [0.29, 0.717) is 0 Å². The molecule has 3 nitrogen and oxygen atoms in total. The molecule has 0 aromatic carbocycles. The number of rotatable bonds is 8. The van der Waals surface area contributed by atoms with Crippen molar-refractivity contribution >= 4 is 24.1 Å². The zero-order valence-corrected chi connectivity index (χ0v) is 9.41. The minimum atomic E-state index is 1.11. The van der Waals surface area contributed by atoms with Crippen molar-refractivity contribution in [1.29, 1.82) is 0 Å². The van der Waals surface area contributed by atoms with Gasteiger partial charge in [-0.15, -0.1) is 0 Å². The molecule has 0 N–H and O–H groups in total. The molecule has 2 fully saturated rings. The van der Waals surface area contributed by atoms with Crippen molar-refractivity contribution in [3.8, 4) is 0 Å². The molecule has 0 aromatic heterocycles. The van der Waals surface area contributed by atoms with Crippen LogP contribution < -0.4 is 0 Å². The van der Waals surface area contributed by atoms with Crippen LogP contribution in [-0.4, -0.2) is 60.6 Å². The van der Waals surface area contributed by atoms with E-state index < -0.39 is 0 Å². The maximum absolute atomic E-state index is 5.37. The lowest BCUT2D eigenvalue weighted by Crippen LogP contribution is -2.03. The lowest BCUT2D eigenvalue weighted by Gasteiger charge is -2.01. The highest BCUT2D eigenvalue weighted by molar-refractivity contribution is 8.07. The summed E-state index contributed by atoms with van der Waals surface area (Å²) >= 11 is 3.19. The van der Waals surface area contributed by atoms with Gasteiger partial charge in [-0.3, -0.25) is 9.80 Å². The van der Waals surface area contributed by atoms with Gasteiger partial charge in [-0.1, -0.05) is 0 Å². The highest BCUT2D eigenvalue weighted by Crippen LogP contribution is 2.17. The van der Waals surface area contributed by atoms with Crippen molar-refractivity contribution < 1.29 is 3.63 Å². The summed E-state index contributed by atoms with van der Waals surface area (Å²) in [5.41, 5.74) is 0. The SMILES string of the molecule is C(CN1CC1)SOSCCN1CC1. The Hall–Kier alpha value is 0.580. The second kappa shape index (κ2) is 5.46. The molecule has 0 bridgehead atoms. The third-order valence-corrected chi connectivity index (χ3v) is 3.63. The maximum Gasteiger partial charge on any atom is 0.0338 e. The lowest BCUT2D eigenvalue weighted by atomic mass is 10.8. The van der Waals surface area contributed by atoms with Gasteiger partial charge in [0.15, 0.2) is 0 Å². The van der Waals surface area contributed by atoms with Crippen LogP contribution in [0.3, 0.4) is 0 Å². The lowest BCUT2D eigenvalue weighted by molar-refractivity contribution is 0.589. The van der Waals surface area contributed by atoms with Gasteiger partial charge in [0, 0.05) is 74.9 Å². The van der Waals surface area contributed by atoms with Gasteiger partial charge in [-0.05, 0) is 0 Å². The van der Waals surface area contributed by atoms with Crippen molar-refractivity contribution in [3.63, 3.8) is 0 Å². The summed E-state index contributed by atoms with van der Waals surface area (Å²) in [6, 6.07) is 0. The molecule has 2 rings (SSSR count). The second-order valence-electron chi connectivity index (χ2n) is 3.40. The van der Waals surface area contributed by atoms with Gasteiger partial charge in [0.05, 0.1) is 0 Å². The maximum atomic E-state index is 5.37. The fourth-order valence-electron chi connectivity index (χ4n) is 1.02. The molecule has 2 heterocycles. The van der Waals surface area contributed by atoms with Gasteiger partial charge in [0.1, 0.15) is 0 Å². The van der Waals surface area contributed by atoms with Crippen molar-refractivity contribution in [2.24, 2.45) is 0 Å². The van der Waals surface area contributed by atoms with E-state index in [4.69, 9.17) is 3.63 Å². The Morgan fingerprint density at radius 3 is 1.69 bits per heavy atom. The second-order valence-corrected chi connectivity index (χ2v) is 5.23. The van der Waals surface area contributed by atoms with Gasteiger partial charge in [-0.2, -0.15) is 0 Å². The predicted molar refractivity (Wildman–Crippen MR) is 58.9 cm³/mol. The van der Waals surface area contributed by atoms with E-state index in [1.165, 1.54) is 39.3 Å². The molecule has 0 saturated carbocycles. The highest BCUT2D eigenvalue weighted by atomic mass is 32.2. The Morgan fingerprint density at radius 1 is 0.846 bits per heavy atom. The molecule has 2 aliphatic rings. The summed E-state index contributed by atoms with van der Waals surface area (Å²) in [5.74, 6) is 2.22. The van der Waals surface area contributed by atoms with E-state index >= 15 is 0 Å². The Labute approximate surface area is 88.6 Å². The molecule has 0 unspecified atom stereocenters. The topological polar surface area (TPSA) is 15.2 Å². The van der Waals surface area contributed by atoms with Crippen LogP contribution in [0.15, 0.2) is 0 Å². The van der Waals surface area contributed by atoms with Gasteiger partial charge in [-0.25, -0.2) is 3.63 Å². The molecule has 76 valence electrons. The smallest absolute Gasteiger partial charge is 0.0338 e. The Balaban J connectivity index is 1.28. The van der Waals surface area contributed by atoms with E-state index in [0.717, 1.165) is 11.5 Å². The van der Waals surface area contributed by atoms with Crippen molar-refractivity contribution in [3.05, 3.63) is 0 Å². The highest BCUT2D eigenvalue weighted by Gasteiger charge is 2.16. The number of hydrogen-bond acceptors (Lipinski definition) is 5. The Kier molecular flexibility index (Phi) is 4.24. The van der Waals surface area contributed by atoms with E-state index in [2.05, 4.69) is 9.80 Å². The van der Waals surface area contributed by atoms with E-state index in [1.54, 1.807) is 24.1 Å². The van der Waals surface area contributed by atoms with E-state index in [9.17, 15) is 0 Å². The molecule has 0 amide bonds. The Bertz CT molecular complexity index is 135. The molecule has 0 atom stereocenters. The third kappa shape index (κ3) is 5.12. The van der Waals surface area contributed by atoms with Crippen LogP contribution in [0.2, 0.25) is 0 Å². The van der Waals surface area contributed by atoms with Gasteiger partial charge < -0.3 is 0 Å². The van der Waals surface area contributed by atoms with Gasteiger partial charge in [0.2, 0.25) is 0 Å². The Morgan fingerprint density at radius 2 is 1.31 bits per heavy atom. The first kappa shape index (κ1) is 10.1. The summed E-state index contributed by atoms with van der Waals surface area (Å²) < 4.78 is 5.37. The quantitative estimate of drug-likeness (QED) is 0.342. The van der Waals surface area contributed by atoms with Crippen molar-refractivity contribution in [2.75, 3.05) is 50.8 Å². The van der Waals surface area contributed by atoms with Crippen LogP contribution in [0.4, 0.5) is 0 Å². The van der Waals surface area contributed by atoms with Crippen LogP contribution in [0.25, 0.3) is 0 Å². The minimum Gasteiger partial charge on any atom is -0.300 e. The standard InChI is InChI=1S/C8H16N2OS2/c1-2-9(1)5-7-12-11-13-8-6-10-3-4-10/h1-8H2. The van der Waals surface area contributed by atoms with E-state index in [1.807, 2.05) is 0 Å². The third-order valence-electron chi connectivity index (χ3n) is 2.16. The predicted octanol–water partition coefficient (Wildman–Crippen LogP) is 0.931. The van der Waals surface area contributed by atoms with Crippen LogP contribution in [0.1, 0.15) is 0 Å². The normalized spacial score (nSPS) is 22.2. The fraction of sp³-hybridized carbons (Fsp3) is 1.00. The molecule has 5 heteroatoms. The number of nitrogens with zero attached hydrogens (tertiary/aromatic N) is 2. The number of hydrogen-bond donors (Lipinski definition) is 0. The fourth-order valence-corrected chi connectivity index (χ4v) is 2.51. The first-order chi connectivity index (χ1) is 6.45. The average molecular weight is 220 g/mol. The summed E-state index contributed by atoms with van der Waals surface area (Å²) in [6.45, 7) is 7.56. The summed E-state index contributed by atoms with van der Waals surface area (Å²) in [5, 5.41) is 0. The molecule has 2 aliphatic heterocycles. The van der Waals surface area contributed by atoms with Crippen LogP contribution in [0.5, 0.6) is 0 Å².